The first-order valence-corrected chi connectivity index (χ1v) is 6.80. The minimum Gasteiger partial charge on any atom is -0.339 e. The van der Waals surface area contributed by atoms with Gasteiger partial charge in [0, 0.05) is 52.0 Å². The number of pyridine rings is 1. The van der Waals surface area contributed by atoms with E-state index in [2.05, 4.69) is 10.3 Å². The van der Waals surface area contributed by atoms with Crippen molar-refractivity contribution in [1.82, 2.24) is 20.1 Å². The van der Waals surface area contributed by atoms with E-state index in [9.17, 15) is 9.59 Å². The van der Waals surface area contributed by atoms with Crippen LogP contribution in [0.5, 0.6) is 0 Å². The van der Waals surface area contributed by atoms with Gasteiger partial charge in [-0.25, -0.2) is 0 Å². The van der Waals surface area contributed by atoms with E-state index < -0.39 is 0 Å². The monoisotopic (exact) mass is 276 g/mol. The highest BCUT2D eigenvalue weighted by atomic mass is 16.2. The summed E-state index contributed by atoms with van der Waals surface area (Å²) in [7, 11) is 0. The average Bonchev–Trinajstić information content (AvgIpc) is 2.48. The average molecular weight is 276 g/mol. The molecule has 1 fully saturated rings. The van der Waals surface area contributed by atoms with Crippen molar-refractivity contribution in [2.24, 2.45) is 0 Å². The molecule has 2 rings (SSSR count). The third-order valence-electron chi connectivity index (χ3n) is 3.43. The Morgan fingerprint density at radius 1 is 1.15 bits per heavy atom. The van der Waals surface area contributed by atoms with E-state index in [1.807, 2.05) is 12.1 Å². The second kappa shape index (κ2) is 7.00. The summed E-state index contributed by atoms with van der Waals surface area (Å²) in [4.78, 5) is 30.7. The van der Waals surface area contributed by atoms with Gasteiger partial charge in [-0.15, -0.1) is 0 Å². The molecular formula is C14H20N4O2. The summed E-state index contributed by atoms with van der Waals surface area (Å²) in [5, 5.41) is 3.13. The second-order valence-electron chi connectivity index (χ2n) is 4.85. The zero-order valence-corrected chi connectivity index (χ0v) is 11.7. The molecule has 1 aliphatic heterocycles. The van der Waals surface area contributed by atoms with E-state index in [0.29, 0.717) is 39.3 Å². The summed E-state index contributed by atoms with van der Waals surface area (Å²) in [5.41, 5.74) is 1.11. The van der Waals surface area contributed by atoms with E-state index in [1.165, 1.54) is 0 Å². The number of nitrogens with zero attached hydrogens (tertiary/aromatic N) is 3. The number of hydrogen-bond acceptors (Lipinski definition) is 4. The molecule has 0 aromatic carbocycles. The standard InChI is InChI=1S/C14H20N4O2/c1-12(19)17-6-8-18(9-7-17)14(20)11-16-10-13-2-4-15-5-3-13/h2-5,16H,6-11H2,1H3. The van der Waals surface area contributed by atoms with Gasteiger partial charge in [-0.05, 0) is 17.7 Å². The molecular weight excluding hydrogens is 256 g/mol. The summed E-state index contributed by atoms with van der Waals surface area (Å²) in [6.45, 7) is 5.04. The lowest BCUT2D eigenvalue weighted by atomic mass is 10.2. The maximum absolute atomic E-state index is 12.0. The van der Waals surface area contributed by atoms with Crippen molar-refractivity contribution in [3.8, 4) is 0 Å². The van der Waals surface area contributed by atoms with Gasteiger partial charge < -0.3 is 15.1 Å². The van der Waals surface area contributed by atoms with Gasteiger partial charge in [-0.3, -0.25) is 14.6 Å². The van der Waals surface area contributed by atoms with Crippen molar-refractivity contribution in [2.45, 2.75) is 13.5 Å². The zero-order valence-electron chi connectivity index (χ0n) is 11.7. The Morgan fingerprint density at radius 3 is 2.35 bits per heavy atom. The van der Waals surface area contributed by atoms with Crippen LogP contribution in [0.3, 0.4) is 0 Å². The maximum Gasteiger partial charge on any atom is 0.236 e. The largest absolute Gasteiger partial charge is 0.339 e. The molecule has 1 aromatic rings. The Kier molecular flexibility index (Phi) is 5.06. The first-order valence-electron chi connectivity index (χ1n) is 6.80. The minimum atomic E-state index is 0.0768. The fourth-order valence-electron chi connectivity index (χ4n) is 2.20. The van der Waals surface area contributed by atoms with Crippen LogP contribution in [-0.2, 0) is 16.1 Å². The van der Waals surface area contributed by atoms with Crippen LogP contribution >= 0.6 is 0 Å². The van der Waals surface area contributed by atoms with Crippen molar-refractivity contribution in [1.29, 1.82) is 0 Å². The molecule has 6 heteroatoms. The van der Waals surface area contributed by atoms with Gasteiger partial charge >= 0.3 is 0 Å². The molecule has 1 aromatic heterocycles. The fourth-order valence-corrected chi connectivity index (χ4v) is 2.20. The topological polar surface area (TPSA) is 65.5 Å². The molecule has 2 amide bonds. The lowest BCUT2D eigenvalue weighted by molar-refractivity contribution is -0.137. The van der Waals surface area contributed by atoms with E-state index in [4.69, 9.17) is 0 Å². The normalized spacial score (nSPS) is 15.2. The molecule has 0 saturated carbocycles. The van der Waals surface area contributed by atoms with Gasteiger partial charge in [-0.2, -0.15) is 0 Å². The quantitative estimate of drug-likeness (QED) is 0.831. The fraction of sp³-hybridized carbons (Fsp3) is 0.500. The van der Waals surface area contributed by atoms with Crippen LogP contribution < -0.4 is 5.32 Å². The third-order valence-corrected chi connectivity index (χ3v) is 3.43. The molecule has 1 aliphatic rings. The molecule has 0 radical (unpaired) electrons. The number of carbonyl (C=O) groups is 2. The SMILES string of the molecule is CC(=O)N1CCN(C(=O)CNCc2ccncc2)CC1. The summed E-state index contributed by atoms with van der Waals surface area (Å²) in [6.07, 6.45) is 3.47. The molecule has 0 spiro atoms. The molecule has 6 nitrogen and oxygen atoms in total. The van der Waals surface area contributed by atoms with Crippen LogP contribution in [0.2, 0.25) is 0 Å². The van der Waals surface area contributed by atoms with Crippen molar-refractivity contribution in [2.75, 3.05) is 32.7 Å². The Labute approximate surface area is 118 Å². The van der Waals surface area contributed by atoms with E-state index >= 15 is 0 Å². The smallest absolute Gasteiger partial charge is 0.236 e. The molecule has 20 heavy (non-hydrogen) atoms. The van der Waals surface area contributed by atoms with Crippen LogP contribution in [0.4, 0.5) is 0 Å². The number of hydrogen-bond donors (Lipinski definition) is 1. The highest BCUT2D eigenvalue weighted by Gasteiger charge is 2.21. The third kappa shape index (κ3) is 4.03. The molecule has 2 heterocycles. The van der Waals surface area contributed by atoms with Crippen LogP contribution in [0.15, 0.2) is 24.5 Å². The molecule has 108 valence electrons. The number of piperazine rings is 1. The summed E-state index contributed by atoms with van der Waals surface area (Å²) < 4.78 is 0. The van der Waals surface area contributed by atoms with Gasteiger partial charge in [0.25, 0.3) is 0 Å². The van der Waals surface area contributed by atoms with Gasteiger partial charge in [-0.1, -0.05) is 0 Å². The second-order valence-corrected chi connectivity index (χ2v) is 4.85. The Morgan fingerprint density at radius 2 is 1.75 bits per heavy atom. The number of aromatic nitrogens is 1. The van der Waals surface area contributed by atoms with Crippen molar-refractivity contribution >= 4 is 11.8 Å². The van der Waals surface area contributed by atoms with E-state index in [0.717, 1.165) is 5.56 Å². The van der Waals surface area contributed by atoms with Gasteiger partial charge in [0.05, 0.1) is 6.54 Å². The van der Waals surface area contributed by atoms with Gasteiger partial charge in [0.1, 0.15) is 0 Å². The van der Waals surface area contributed by atoms with E-state index in [-0.39, 0.29) is 11.8 Å². The molecule has 1 N–H and O–H groups in total. The van der Waals surface area contributed by atoms with Crippen LogP contribution in [-0.4, -0.2) is 59.3 Å². The summed E-state index contributed by atoms with van der Waals surface area (Å²) >= 11 is 0. The zero-order chi connectivity index (χ0) is 14.4. The Bertz CT molecular complexity index is 456. The first kappa shape index (κ1) is 14.5. The molecule has 1 saturated heterocycles. The van der Waals surface area contributed by atoms with Crippen molar-refractivity contribution in [3.63, 3.8) is 0 Å². The summed E-state index contributed by atoms with van der Waals surface area (Å²) in [5.74, 6) is 0.162. The highest BCUT2D eigenvalue weighted by molar-refractivity contribution is 5.79. The minimum absolute atomic E-state index is 0.0768. The van der Waals surface area contributed by atoms with E-state index in [1.54, 1.807) is 29.1 Å². The lowest BCUT2D eigenvalue weighted by Gasteiger charge is -2.34. The van der Waals surface area contributed by atoms with Crippen LogP contribution in [0.25, 0.3) is 0 Å². The number of rotatable bonds is 4. The molecule has 0 aliphatic carbocycles. The van der Waals surface area contributed by atoms with Crippen LogP contribution in [0, 0.1) is 0 Å². The number of amides is 2. The predicted molar refractivity (Wildman–Crippen MR) is 74.8 cm³/mol. The van der Waals surface area contributed by atoms with Gasteiger partial charge in [0.15, 0.2) is 0 Å². The Balaban J connectivity index is 1.69. The molecule has 0 atom stereocenters. The predicted octanol–water partition coefficient (Wildman–Crippen LogP) is -0.138. The lowest BCUT2D eigenvalue weighted by Crippen LogP contribution is -2.51. The summed E-state index contributed by atoms with van der Waals surface area (Å²) in [6, 6.07) is 3.84. The maximum atomic E-state index is 12.0. The Hall–Kier alpha value is -1.95. The first-order chi connectivity index (χ1) is 9.66. The number of nitrogens with one attached hydrogen (secondary N) is 1. The number of carbonyl (C=O) groups excluding carboxylic acids is 2. The highest BCUT2D eigenvalue weighted by Crippen LogP contribution is 2.02. The van der Waals surface area contributed by atoms with Crippen LogP contribution in [0.1, 0.15) is 12.5 Å². The van der Waals surface area contributed by atoms with Crippen molar-refractivity contribution < 1.29 is 9.59 Å². The molecule has 0 bridgehead atoms. The van der Waals surface area contributed by atoms with Crippen molar-refractivity contribution in [3.05, 3.63) is 30.1 Å². The molecule has 0 unspecified atom stereocenters. The van der Waals surface area contributed by atoms with Gasteiger partial charge in [0.2, 0.25) is 11.8 Å².